The van der Waals surface area contributed by atoms with Crippen LogP contribution in [0, 0.1) is 13.8 Å². The smallest absolute Gasteiger partial charge is 0.336 e. The molecule has 2 heterocycles. The van der Waals surface area contributed by atoms with Gasteiger partial charge in [-0.15, -0.1) is 5.10 Å². The Morgan fingerprint density at radius 3 is 2.80 bits per heavy atom. The van der Waals surface area contributed by atoms with Gasteiger partial charge in [0.25, 0.3) is 0 Å². The average molecular weight is 208 g/mol. The molecule has 1 aliphatic heterocycles. The molecule has 82 valence electrons. The number of rotatable bonds is 2. The number of hydrogen-bond acceptors (Lipinski definition) is 5. The number of piperidine rings is 1. The van der Waals surface area contributed by atoms with Crippen LogP contribution in [0.4, 0.5) is 0 Å². The minimum atomic E-state index is 0.183. The van der Waals surface area contributed by atoms with E-state index >= 15 is 0 Å². The van der Waals surface area contributed by atoms with Crippen LogP contribution in [0.5, 0.6) is 6.01 Å². The normalized spacial score (nSPS) is 21.3. The van der Waals surface area contributed by atoms with E-state index in [1.54, 1.807) is 0 Å². The van der Waals surface area contributed by atoms with Crippen molar-refractivity contribution in [1.29, 1.82) is 0 Å². The van der Waals surface area contributed by atoms with Crippen LogP contribution in [0.3, 0.4) is 0 Å². The Morgan fingerprint density at radius 2 is 2.13 bits per heavy atom. The van der Waals surface area contributed by atoms with Gasteiger partial charge in [-0.25, -0.2) is 0 Å². The minimum Gasteiger partial charge on any atom is -0.458 e. The molecule has 0 aromatic carbocycles. The Balaban J connectivity index is 2.00. The molecule has 0 saturated carbocycles. The summed E-state index contributed by atoms with van der Waals surface area (Å²) in [5, 5.41) is 11.2. The lowest BCUT2D eigenvalue weighted by molar-refractivity contribution is 0.151. The molecule has 1 N–H and O–H groups in total. The van der Waals surface area contributed by atoms with Crippen LogP contribution in [0.1, 0.15) is 24.2 Å². The van der Waals surface area contributed by atoms with Gasteiger partial charge in [-0.2, -0.15) is 4.98 Å². The van der Waals surface area contributed by atoms with Crippen molar-refractivity contribution in [2.24, 2.45) is 0 Å². The van der Waals surface area contributed by atoms with Crippen molar-refractivity contribution in [3.8, 4) is 6.01 Å². The number of ether oxygens (including phenoxy) is 1. The summed E-state index contributed by atoms with van der Waals surface area (Å²) < 4.78 is 5.64. The second kappa shape index (κ2) is 4.53. The van der Waals surface area contributed by atoms with Gasteiger partial charge in [-0.05, 0) is 33.2 Å². The predicted octanol–water partition coefficient (Wildman–Crippen LogP) is 0.619. The number of nitrogens with one attached hydrogen (secondary N) is 1. The van der Waals surface area contributed by atoms with Crippen molar-refractivity contribution in [1.82, 2.24) is 20.5 Å². The van der Waals surface area contributed by atoms with Gasteiger partial charge in [-0.1, -0.05) is 5.10 Å². The third kappa shape index (κ3) is 2.62. The van der Waals surface area contributed by atoms with Crippen molar-refractivity contribution in [2.75, 3.05) is 13.1 Å². The molecule has 0 amide bonds. The molecule has 2 rings (SSSR count). The first kappa shape index (κ1) is 10.3. The number of aromatic nitrogens is 3. The van der Waals surface area contributed by atoms with Gasteiger partial charge in [0.05, 0.1) is 11.4 Å². The van der Waals surface area contributed by atoms with Crippen LogP contribution in [-0.4, -0.2) is 34.4 Å². The Hall–Kier alpha value is -1.23. The Kier molecular flexibility index (Phi) is 3.11. The average Bonchev–Trinajstić information content (AvgIpc) is 2.25. The van der Waals surface area contributed by atoms with E-state index in [0.717, 1.165) is 37.3 Å². The van der Waals surface area contributed by atoms with Gasteiger partial charge < -0.3 is 10.1 Å². The van der Waals surface area contributed by atoms with Crippen molar-refractivity contribution in [3.05, 3.63) is 11.4 Å². The van der Waals surface area contributed by atoms with E-state index in [4.69, 9.17) is 4.74 Å². The molecular formula is C10H16N4O. The first-order valence-corrected chi connectivity index (χ1v) is 5.31. The van der Waals surface area contributed by atoms with Crippen molar-refractivity contribution < 1.29 is 4.74 Å². The standard InChI is InChI=1S/C10H16N4O/c1-7-8(2)13-14-10(12-7)15-9-4-3-5-11-6-9/h9,11H,3-6H2,1-2H3. The summed E-state index contributed by atoms with van der Waals surface area (Å²) in [6.45, 7) is 5.75. The SMILES string of the molecule is Cc1nnc(OC2CCCNC2)nc1C. The van der Waals surface area contributed by atoms with E-state index < -0.39 is 0 Å². The molecule has 1 fully saturated rings. The van der Waals surface area contributed by atoms with Crippen molar-refractivity contribution in [3.63, 3.8) is 0 Å². The van der Waals surface area contributed by atoms with Crippen LogP contribution in [-0.2, 0) is 0 Å². The van der Waals surface area contributed by atoms with E-state index in [9.17, 15) is 0 Å². The molecular weight excluding hydrogens is 192 g/mol. The van der Waals surface area contributed by atoms with E-state index in [-0.39, 0.29) is 6.10 Å². The summed E-state index contributed by atoms with van der Waals surface area (Å²) in [6, 6.07) is 0.395. The van der Waals surface area contributed by atoms with E-state index in [1.807, 2.05) is 13.8 Å². The number of nitrogens with zero attached hydrogens (tertiary/aromatic N) is 3. The van der Waals surface area contributed by atoms with Crippen LogP contribution in [0.25, 0.3) is 0 Å². The lowest BCUT2D eigenvalue weighted by Gasteiger charge is -2.22. The molecule has 15 heavy (non-hydrogen) atoms. The van der Waals surface area contributed by atoms with Gasteiger partial charge in [0, 0.05) is 6.54 Å². The van der Waals surface area contributed by atoms with Crippen LogP contribution >= 0.6 is 0 Å². The predicted molar refractivity (Wildman–Crippen MR) is 55.8 cm³/mol. The summed E-state index contributed by atoms with van der Waals surface area (Å²) in [6.07, 6.45) is 2.38. The molecule has 1 unspecified atom stereocenters. The summed E-state index contributed by atoms with van der Waals surface area (Å²) in [5.41, 5.74) is 1.73. The Labute approximate surface area is 89.3 Å². The van der Waals surface area contributed by atoms with Crippen LogP contribution in [0.2, 0.25) is 0 Å². The molecule has 1 saturated heterocycles. The highest BCUT2D eigenvalue weighted by molar-refractivity contribution is 5.07. The molecule has 5 nitrogen and oxygen atoms in total. The summed E-state index contributed by atoms with van der Waals surface area (Å²) in [7, 11) is 0. The van der Waals surface area contributed by atoms with E-state index in [2.05, 4.69) is 20.5 Å². The summed E-state index contributed by atoms with van der Waals surface area (Å²) >= 11 is 0. The molecule has 1 aromatic rings. The Morgan fingerprint density at radius 1 is 1.27 bits per heavy atom. The van der Waals surface area contributed by atoms with Crippen molar-refractivity contribution in [2.45, 2.75) is 32.8 Å². The molecule has 1 aromatic heterocycles. The maximum absolute atomic E-state index is 5.64. The highest BCUT2D eigenvalue weighted by atomic mass is 16.5. The van der Waals surface area contributed by atoms with Crippen LogP contribution in [0.15, 0.2) is 0 Å². The zero-order valence-electron chi connectivity index (χ0n) is 9.16. The lowest BCUT2D eigenvalue weighted by Crippen LogP contribution is -2.37. The topological polar surface area (TPSA) is 59.9 Å². The Bertz CT molecular complexity index is 336. The van der Waals surface area contributed by atoms with E-state index in [1.165, 1.54) is 0 Å². The second-order valence-electron chi connectivity index (χ2n) is 3.85. The molecule has 0 spiro atoms. The molecule has 1 aliphatic rings. The number of hydrogen-bond donors (Lipinski definition) is 1. The lowest BCUT2D eigenvalue weighted by atomic mass is 10.1. The van der Waals surface area contributed by atoms with Gasteiger partial charge in [0.2, 0.25) is 0 Å². The summed E-state index contributed by atoms with van der Waals surface area (Å²) in [4.78, 5) is 4.24. The monoisotopic (exact) mass is 208 g/mol. The maximum atomic E-state index is 5.64. The van der Waals surface area contributed by atoms with Gasteiger partial charge in [0.15, 0.2) is 0 Å². The van der Waals surface area contributed by atoms with Gasteiger partial charge in [0.1, 0.15) is 6.10 Å². The molecule has 0 bridgehead atoms. The van der Waals surface area contributed by atoms with E-state index in [0.29, 0.717) is 6.01 Å². The first-order chi connectivity index (χ1) is 7.25. The second-order valence-corrected chi connectivity index (χ2v) is 3.85. The number of aryl methyl sites for hydroxylation is 2. The largest absolute Gasteiger partial charge is 0.458 e. The quantitative estimate of drug-likeness (QED) is 0.772. The minimum absolute atomic E-state index is 0.183. The van der Waals surface area contributed by atoms with Gasteiger partial charge >= 0.3 is 6.01 Å². The molecule has 5 heteroatoms. The highest BCUT2D eigenvalue weighted by Crippen LogP contribution is 2.10. The zero-order chi connectivity index (χ0) is 10.7. The maximum Gasteiger partial charge on any atom is 0.336 e. The van der Waals surface area contributed by atoms with Gasteiger partial charge in [-0.3, -0.25) is 0 Å². The zero-order valence-corrected chi connectivity index (χ0v) is 9.16. The van der Waals surface area contributed by atoms with Crippen molar-refractivity contribution >= 4 is 0 Å². The van der Waals surface area contributed by atoms with Crippen LogP contribution < -0.4 is 10.1 Å². The third-order valence-corrected chi connectivity index (χ3v) is 2.60. The fourth-order valence-electron chi connectivity index (χ4n) is 1.56. The molecule has 0 aliphatic carbocycles. The third-order valence-electron chi connectivity index (χ3n) is 2.60. The molecule has 1 atom stereocenters. The fourth-order valence-corrected chi connectivity index (χ4v) is 1.56. The fraction of sp³-hybridized carbons (Fsp3) is 0.700. The first-order valence-electron chi connectivity index (χ1n) is 5.31. The highest BCUT2D eigenvalue weighted by Gasteiger charge is 2.16. The summed E-state index contributed by atoms with van der Waals surface area (Å²) in [5.74, 6) is 0. The molecule has 0 radical (unpaired) electrons.